The fourth-order valence-electron chi connectivity index (χ4n) is 4.19. The second-order valence-corrected chi connectivity index (χ2v) is 7.21. The minimum Gasteiger partial charge on any atom is -0.313 e. The molecule has 2 bridgehead atoms. The van der Waals surface area contributed by atoms with Crippen LogP contribution in [0.3, 0.4) is 0 Å². The summed E-state index contributed by atoms with van der Waals surface area (Å²) in [5.41, 5.74) is 1.20. The highest BCUT2D eigenvalue weighted by molar-refractivity contribution is 5.00. The van der Waals surface area contributed by atoms with Gasteiger partial charge in [0.05, 0.1) is 5.69 Å². The van der Waals surface area contributed by atoms with E-state index in [0.29, 0.717) is 6.04 Å². The summed E-state index contributed by atoms with van der Waals surface area (Å²) in [4.78, 5) is 2.69. The van der Waals surface area contributed by atoms with Crippen LogP contribution in [0.5, 0.6) is 0 Å². The van der Waals surface area contributed by atoms with Gasteiger partial charge in [0.2, 0.25) is 0 Å². The van der Waals surface area contributed by atoms with Gasteiger partial charge in [-0.05, 0) is 44.6 Å². The van der Waals surface area contributed by atoms with Crippen molar-refractivity contribution in [3.05, 3.63) is 18.0 Å². The van der Waals surface area contributed by atoms with Gasteiger partial charge in [-0.2, -0.15) is 5.10 Å². The zero-order valence-corrected chi connectivity index (χ0v) is 13.8. The highest BCUT2D eigenvalue weighted by Crippen LogP contribution is 2.35. The van der Waals surface area contributed by atoms with Gasteiger partial charge in [-0.3, -0.25) is 4.68 Å². The van der Waals surface area contributed by atoms with Crippen molar-refractivity contribution in [1.82, 2.24) is 20.0 Å². The Bertz CT molecular complexity index is 439. The Kier molecular flexibility index (Phi) is 4.65. The Balaban J connectivity index is 1.53. The molecular weight excluding hydrogens is 260 g/mol. The quantitative estimate of drug-likeness (QED) is 0.901. The zero-order chi connectivity index (χ0) is 14.8. The van der Waals surface area contributed by atoms with Crippen molar-refractivity contribution in [3.8, 4) is 0 Å². The third-order valence-corrected chi connectivity index (χ3v) is 5.36. The van der Waals surface area contributed by atoms with Crippen molar-refractivity contribution in [2.75, 3.05) is 19.6 Å². The van der Waals surface area contributed by atoms with Gasteiger partial charge in [0.15, 0.2) is 0 Å². The predicted octanol–water partition coefficient (Wildman–Crippen LogP) is 2.06. The van der Waals surface area contributed by atoms with Crippen LogP contribution in [0.15, 0.2) is 12.3 Å². The van der Waals surface area contributed by atoms with Crippen LogP contribution < -0.4 is 5.32 Å². The van der Waals surface area contributed by atoms with E-state index in [9.17, 15) is 0 Å². The summed E-state index contributed by atoms with van der Waals surface area (Å²) in [7, 11) is 1.99. The second-order valence-electron chi connectivity index (χ2n) is 7.21. The highest BCUT2D eigenvalue weighted by Gasteiger charge is 2.39. The molecule has 1 N–H and O–H groups in total. The summed E-state index contributed by atoms with van der Waals surface area (Å²) >= 11 is 0. The van der Waals surface area contributed by atoms with Crippen molar-refractivity contribution in [2.45, 2.75) is 51.6 Å². The van der Waals surface area contributed by atoms with E-state index >= 15 is 0 Å². The van der Waals surface area contributed by atoms with Crippen LogP contribution in [-0.2, 0) is 13.5 Å². The molecule has 2 fully saturated rings. The van der Waals surface area contributed by atoms with E-state index in [4.69, 9.17) is 0 Å². The molecule has 1 saturated carbocycles. The summed E-state index contributed by atoms with van der Waals surface area (Å²) in [5.74, 6) is 1.70. The monoisotopic (exact) mass is 290 g/mol. The minimum atomic E-state index is 0.697. The average molecular weight is 290 g/mol. The molecule has 118 valence electrons. The lowest BCUT2D eigenvalue weighted by Gasteiger charge is -2.49. The van der Waals surface area contributed by atoms with Crippen molar-refractivity contribution >= 4 is 0 Å². The lowest BCUT2D eigenvalue weighted by atomic mass is 9.73. The summed E-state index contributed by atoms with van der Waals surface area (Å²) < 4.78 is 1.89. The van der Waals surface area contributed by atoms with Crippen LogP contribution >= 0.6 is 0 Å². The molecule has 3 rings (SSSR count). The normalized spacial score (nSPS) is 30.0. The molecule has 0 spiro atoms. The fraction of sp³-hybridized carbons (Fsp3) is 0.824. The van der Waals surface area contributed by atoms with Gasteiger partial charge in [-0.1, -0.05) is 6.42 Å². The maximum atomic E-state index is 4.47. The molecule has 4 nitrogen and oxygen atoms in total. The molecule has 1 aliphatic heterocycles. The van der Waals surface area contributed by atoms with E-state index in [1.165, 1.54) is 38.0 Å². The van der Waals surface area contributed by atoms with Crippen molar-refractivity contribution in [3.63, 3.8) is 0 Å². The van der Waals surface area contributed by atoms with Gasteiger partial charge >= 0.3 is 0 Å². The van der Waals surface area contributed by atoms with E-state index in [0.717, 1.165) is 30.8 Å². The lowest BCUT2D eigenvalue weighted by molar-refractivity contribution is 0.0299. The van der Waals surface area contributed by atoms with Crippen LogP contribution in [0.1, 0.15) is 38.8 Å². The maximum absolute atomic E-state index is 4.47. The third kappa shape index (κ3) is 3.49. The van der Waals surface area contributed by atoms with Crippen LogP contribution in [-0.4, -0.2) is 46.4 Å². The molecule has 0 aromatic carbocycles. The van der Waals surface area contributed by atoms with Gasteiger partial charge < -0.3 is 10.2 Å². The summed E-state index contributed by atoms with van der Waals surface area (Å²) in [5, 5.41) is 8.33. The van der Waals surface area contributed by atoms with Crippen LogP contribution in [0.4, 0.5) is 0 Å². The van der Waals surface area contributed by atoms with Gasteiger partial charge in [-0.25, -0.2) is 0 Å². The molecule has 21 heavy (non-hydrogen) atoms. The molecule has 2 heterocycles. The Labute approximate surface area is 128 Å². The number of aromatic nitrogens is 2. The average Bonchev–Trinajstić information content (AvgIpc) is 2.83. The minimum absolute atomic E-state index is 0.697. The van der Waals surface area contributed by atoms with E-state index in [1.807, 2.05) is 17.9 Å². The Morgan fingerprint density at radius 1 is 1.29 bits per heavy atom. The molecule has 1 aromatic rings. The number of piperidine rings is 1. The number of hydrogen-bond acceptors (Lipinski definition) is 3. The number of nitrogens with zero attached hydrogens (tertiary/aromatic N) is 3. The molecular formula is C17H30N4. The summed E-state index contributed by atoms with van der Waals surface area (Å²) in [6.45, 7) is 8.32. The number of fused-ring (bicyclic) bond motifs is 2. The third-order valence-electron chi connectivity index (χ3n) is 5.36. The first-order chi connectivity index (χ1) is 10.1. The number of rotatable bonds is 5. The topological polar surface area (TPSA) is 33.1 Å². The molecule has 2 atom stereocenters. The first-order valence-corrected chi connectivity index (χ1v) is 8.59. The van der Waals surface area contributed by atoms with Gasteiger partial charge in [-0.15, -0.1) is 0 Å². The summed E-state index contributed by atoms with van der Waals surface area (Å²) in [6, 6.07) is 3.56. The van der Waals surface area contributed by atoms with Crippen molar-refractivity contribution in [2.24, 2.45) is 18.9 Å². The molecule has 0 amide bonds. The Morgan fingerprint density at radius 3 is 2.57 bits per heavy atom. The fourth-order valence-corrected chi connectivity index (χ4v) is 4.19. The Hall–Kier alpha value is -0.870. The highest BCUT2D eigenvalue weighted by atomic mass is 15.2. The molecule has 1 aliphatic carbocycles. The van der Waals surface area contributed by atoms with Crippen molar-refractivity contribution in [1.29, 1.82) is 0 Å². The van der Waals surface area contributed by atoms with Crippen LogP contribution in [0, 0.1) is 11.8 Å². The molecule has 1 saturated heterocycles. The van der Waals surface area contributed by atoms with E-state index in [-0.39, 0.29) is 0 Å². The first-order valence-electron chi connectivity index (χ1n) is 8.59. The smallest absolute Gasteiger partial charge is 0.0637 e. The zero-order valence-electron chi connectivity index (χ0n) is 13.8. The van der Waals surface area contributed by atoms with Gasteiger partial charge in [0.1, 0.15) is 0 Å². The second kappa shape index (κ2) is 6.49. The van der Waals surface area contributed by atoms with Crippen LogP contribution in [0.25, 0.3) is 0 Å². The lowest BCUT2D eigenvalue weighted by Crippen LogP contribution is -2.58. The number of likely N-dealkylation sites (tertiary alicyclic amines) is 1. The van der Waals surface area contributed by atoms with E-state index in [2.05, 4.69) is 35.2 Å². The maximum Gasteiger partial charge on any atom is 0.0637 e. The van der Waals surface area contributed by atoms with E-state index in [1.54, 1.807) is 0 Å². The van der Waals surface area contributed by atoms with Gasteiger partial charge in [0, 0.05) is 51.4 Å². The van der Waals surface area contributed by atoms with E-state index < -0.39 is 0 Å². The molecule has 2 unspecified atom stereocenters. The molecule has 0 radical (unpaired) electrons. The van der Waals surface area contributed by atoms with Gasteiger partial charge in [0.25, 0.3) is 0 Å². The number of hydrogen-bond donors (Lipinski definition) is 1. The summed E-state index contributed by atoms with van der Waals surface area (Å²) in [6.07, 6.45) is 7.32. The molecule has 2 aliphatic rings. The SMILES string of the molecule is CC(C)N1CC2CCCC(C1)C2NCCc1ccn(C)n1. The number of nitrogens with one attached hydrogen (secondary N) is 1. The largest absolute Gasteiger partial charge is 0.313 e. The number of aryl methyl sites for hydroxylation is 1. The first kappa shape index (κ1) is 15.0. The van der Waals surface area contributed by atoms with Crippen molar-refractivity contribution < 1.29 is 0 Å². The Morgan fingerprint density at radius 2 is 2.00 bits per heavy atom. The van der Waals surface area contributed by atoms with Crippen LogP contribution in [0.2, 0.25) is 0 Å². The predicted molar refractivity (Wildman–Crippen MR) is 86.2 cm³/mol. The standard InChI is InChI=1S/C17H30N4/c1-13(2)21-11-14-5-4-6-15(12-21)17(14)18-9-7-16-8-10-20(3)19-16/h8,10,13-15,17-18H,4-7,9,11-12H2,1-3H3. The molecule has 4 heteroatoms. The molecule has 1 aromatic heterocycles.